The van der Waals surface area contributed by atoms with Gasteiger partial charge in [-0.25, -0.2) is 0 Å². The van der Waals surface area contributed by atoms with Gasteiger partial charge in [0.05, 0.1) is 19.3 Å². The van der Waals surface area contributed by atoms with Crippen molar-refractivity contribution in [2.45, 2.75) is 6.04 Å². The molecule has 0 aromatic carbocycles. The van der Waals surface area contributed by atoms with E-state index in [2.05, 4.69) is 15.1 Å². The summed E-state index contributed by atoms with van der Waals surface area (Å²) in [6.07, 6.45) is 1.09. The number of hydrogen-bond donors (Lipinski definition) is 1. The second-order valence-corrected chi connectivity index (χ2v) is 4.40. The number of hydrogen-bond acceptors (Lipinski definition) is 5. The molecule has 2 aliphatic rings. The van der Waals surface area contributed by atoms with E-state index in [4.69, 9.17) is 4.74 Å². The van der Waals surface area contributed by atoms with Crippen LogP contribution in [0.15, 0.2) is 0 Å². The van der Waals surface area contributed by atoms with Crippen LogP contribution in [0.1, 0.15) is 0 Å². The molecule has 2 aliphatic heterocycles. The SMILES string of the molecule is O=CC(CN1CCNCC1)N1CCOCC1. The Bertz CT molecular complexity index is 213. The average Bonchev–Trinajstić information content (AvgIpc) is 2.38. The molecule has 0 aromatic heterocycles. The van der Waals surface area contributed by atoms with Crippen molar-refractivity contribution in [2.24, 2.45) is 0 Å². The minimum Gasteiger partial charge on any atom is -0.379 e. The topological polar surface area (TPSA) is 44.8 Å². The number of ether oxygens (including phenoxy) is 1. The third kappa shape index (κ3) is 3.25. The average molecular weight is 227 g/mol. The second kappa shape index (κ2) is 6.30. The Hall–Kier alpha value is -0.490. The van der Waals surface area contributed by atoms with Crippen molar-refractivity contribution in [1.29, 1.82) is 0 Å². The van der Waals surface area contributed by atoms with Crippen LogP contribution in [0, 0.1) is 0 Å². The molecule has 0 radical (unpaired) electrons. The van der Waals surface area contributed by atoms with Gasteiger partial charge in [0.1, 0.15) is 6.29 Å². The van der Waals surface area contributed by atoms with Crippen LogP contribution in [0.3, 0.4) is 0 Å². The molecule has 92 valence electrons. The molecule has 0 aliphatic carbocycles. The standard InChI is InChI=1S/C11H21N3O2/c15-10-11(14-5-7-16-8-6-14)9-13-3-1-12-2-4-13/h10-12H,1-9H2. The highest BCUT2D eigenvalue weighted by molar-refractivity contribution is 5.58. The Kier molecular flexibility index (Phi) is 4.71. The van der Waals surface area contributed by atoms with E-state index in [-0.39, 0.29) is 6.04 Å². The van der Waals surface area contributed by atoms with Crippen LogP contribution in [0.25, 0.3) is 0 Å². The predicted octanol–water partition coefficient (Wildman–Crippen LogP) is -1.21. The number of aldehydes is 1. The summed E-state index contributed by atoms with van der Waals surface area (Å²) in [6, 6.07) is 0.0435. The molecule has 5 nitrogen and oxygen atoms in total. The molecule has 0 aromatic rings. The molecule has 2 heterocycles. The van der Waals surface area contributed by atoms with Gasteiger partial charge in [0.25, 0.3) is 0 Å². The van der Waals surface area contributed by atoms with Crippen molar-refractivity contribution in [1.82, 2.24) is 15.1 Å². The lowest BCUT2D eigenvalue weighted by molar-refractivity contribution is -0.115. The highest BCUT2D eigenvalue weighted by Crippen LogP contribution is 2.05. The van der Waals surface area contributed by atoms with Gasteiger partial charge in [-0.05, 0) is 0 Å². The summed E-state index contributed by atoms with van der Waals surface area (Å²) in [6.45, 7) is 8.32. The summed E-state index contributed by atoms with van der Waals surface area (Å²) in [5.41, 5.74) is 0. The predicted molar refractivity (Wildman–Crippen MR) is 61.6 cm³/mol. The van der Waals surface area contributed by atoms with E-state index in [9.17, 15) is 4.79 Å². The monoisotopic (exact) mass is 227 g/mol. The van der Waals surface area contributed by atoms with Gasteiger partial charge in [-0.15, -0.1) is 0 Å². The summed E-state index contributed by atoms with van der Waals surface area (Å²) in [5, 5.41) is 3.32. The summed E-state index contributed by atoms with van der Waals surface area (Å²) in [5.74, 6) is 0. The van der Waals surface area contributed by atoms with Gasteiger partial charge in [-0.3, -0.25) is 9.80 Å². The number of piperazine rings is 1. The molecule has 16 heavy (non-hydrogen) atoms. The fraction of sp³-hybridized carbons (Fsp3) is 0.909. The lowest BCUT2D eigenvalue weighted by Crippen LogP contribution is -2.53. The molecule has 1 N–H and O–H groups in total. The lowest BCUT2D eigenvalue weighted by Gasteiger charge is -2.36. The van der Waals surface area contributed by atoms with Gasteiger partial charge in [0.2, 0.25) is 0 Å². The Balaban J connectivity index is 1.81. The number of nitrogens with zero attached hydrogens (tertiary/aromatic N) is 2. The zero-order valence-corrected chi connectivity index (χ0v) is 9.73. The Labute approximate surface area is 96.7 Å². The van der Waals surface area contributed by atoms with E-state index in [0.717, 1.165) is 65.3 Å². The van der Waals surface area contributed by atoms with Gasteiger partial charge < -0.3 is 14.8 Å². The van der Waals surface area contributed by atoms with Crippen LogP contribution in [-0.2, 0) is 9.53 Å². The quantitative estimate of drug-likeness (QED) is 0.611. The minimum absolute atomic E-state index is 0.0435. The van der Waals surface area contributed by atoms with Gasteiger partial charge in [-0.1, -0.05) is 0 Å². The molecule has 1 unspecified atom stereocenters. The summed E-state index contributed by atoms with van der Waals surface area (Å²) in [7, 11) is 0. The first-order valence-corrected chi connectivity index (χ1v) is 6.10. The van der Waals surface area contributed by atoms with Crippen molar-refractivity contribution in [3.05, 3.63) is 0 Å². The van der Waals surface area contributed by atoms with Gasteiger partial charge in [0, 0.05) is 45.8 Å². The summed E-state index contributed by atoms with van der Waals surface area (Å²) < 4.78 is 5.30. The second-order valence-electron chi connectivity index (χ2n) is 4.40. The van der Waals surface area contributed by atoms with Crippen LogP contribution in [0.4, 0.5) is 0 Å². The molecule has 2 fully saturated rings. The normalized spacial score (nSPS) is 26.5. The minimum atomic E-state index is 0.0435. The summed E-state index contributed by atoms with van der Waals surface area (Å²) >= 11 is 0. The Morgan fingerprint density at radius 1 is 1.19 bits per heavy atom. The summed E-state index contributed by atoms with van der Waals surface area (Å²) in [4.78, 5) is 15.8. The van der Waals surface area contributed by atoms with Crippen molar-refractivity contribution in [3.63, 3.8) is 0 Å². The molecule has 2 rings (SSSR count). The molecule has 5 heteroatoms. The highest BCUT2D eigenvalue weighted by Gasteiger charge is 2.23. The van der Waals surface area contributed by atoms with Crippen molar-refractivity contribution >= 4 is 6.29 Å². The van der Waals surface area contributed by atoms with E-state index >= 15 is 0 Å². The first-order valence-electron chi connectivity index (χ1n) is 6.10. The number of rotatable bonds is 4. The number of nitrogens with one attached hydrogen (secondary N) is 1. The van der Waals surface area contributed by atoms with Crippen molar-refractivity contribution in [3.8, 4) is 0 Å². The van der Waals surface area contributed by atoms with Crippen LogP contribution in [-0.4, -0.2) is 81.2 Å². The smallest absolute Gasteiger partial charge is 0.138 e. The molecule has 2 saturated heterocycles. The molecule has 0 saturated carbocycles. The number of carbonyl (C=O) groups excluding carboxylic acids is 1. The molecule has 1 atom stereocenters. The lowest BCUT2D eigenvalue weighted by atomic mass is 10.2. The Morgan fingerprint density at radius 3 is 2.50 bits per heavy atom. The fourth-order valence-corrected chi connectivity index (χ4v) is 2.31. The highest BCUT2D eigenvalue weighted by atomic mass is 16.5. The maximum absolute atomic E-state index is 11.2. The molecular formula is C11H21N3O2. The molecule has 0 bridgehead atoms. The van der Waals surface area contributed by atoms with Crippen LogP contribution in [0.5, 0.6) is 0 Å². The van der Waals surface area contributed by atoms with E-state index in [1.807, 2.05) is 0 Å². The van der Waals surface area contributed by atoms with Crippen molar-refractivity contribution in [2.75, 3.05) is 59.0 Å². The maximum Gasteiger partial charge on any atom is 0.138 e. The number of morpholine rings is 1. The van der Waals surface area contributed by atoms with E-state index in [0.29, 0.717) is 0 Å². The third-order valence-corrected chi connectivity index (χ3v) is 3.33. The van der Waals surface area contributed by atoms with E-state index in [1.165, 1.54) is 0 Å². The van der Waals surface area contributed by atoms with Gasteiger partial charge in [0.15, 0.2) is 0 Å². The van der Waals surface area contributed by atoms with Crippen LogP contribution >= 0.6 is 0 Å². The largest absolute Gasteiger partial charge is 0.379 e. The first kappa shape index (κ1) is 12.0. The van der Waals surface area contributed by atoms with E-state index in [1.54, 1.807) is 0 Å². The first-order chi connectivity index (χ1) is 7.90. The zero-order valence-electron chi connectivity index (χ0n) is 9.73. The van der Waals surface area contributed by atoms with Crippen molar-refractivity contribution < 1.29 is 9.53 Å². The maximum atomic E-state index is 11.2. The van der Waals surface area contributed by atoms with E-state index < -0.39 is 0 Å². The molecular weight excluding hydrogens is 206 g/mol. The molecule has 0 spiro atoms. The van der Waals surface area contributed by atoms with Gasteiger partial charge >= 0.3 is 0 Å². The van der Waals surface area contributed by atoms with Crippen LogP contribution in [0.2, 0.25) is 0 Å². The van der Waals surface area contributed by atoms with Gasteiger partial charge in [-0.2, -0.15) is 0 Å². The Morgan fingerprint density at radius 2 is 1.88 bits per heavy atom. The number of carbonyl (C=O) groups is 1. The third-order valence-electron chi connectivity index (χ3n) is 3.33. The fourth-order valence-electron chi connectivity index (χ4n) is 2.31. The van der Waals surface area contributed by atoms with Crippen LogP contribution < -0.4 is 5.32 Å². The molecule has 0 amide bonds. The zero-order chi connectivity index (χ0) is 11.2.